The van der Waals surface area contributed by atoms with Crippen molar-refractivity contribution in [3.05, 3.63) is 82.9 Å². The quantitative estimate of drug-likeness (QED) is 0.206. The highest BCUT2D eigenvalue weighted by Crippen LogP contribution is 2.45. The number of benzene rings is 3. The van der Waals surface area contributed by atoms with Crippen LogP contribution >= 0.6 is 35.1 Å². The first-order chi connectivity index (χ1) is 19.0. The molecule has 8 nitrogen and oxygen atoms in total. The second kappa shape index (κ2) is 14.7. The number of amides is 2. The molecule has 2 amide bonds. The van der Waals surface area contributed by atoms with Gasteiger partial charge in [-0.15, -0.1) is 23.5 Å². The summed E-state index contributed by atoms with van der Waals surface area (Å²) in [4.78, 5) is 24.4. The van der Waals surface area contributed by atoms with Crippen LogP contribution in [-0.4, -0.2) is 49.4 Å². The monoisotopic (exact) mass is 585 g/mol. The van der Waals surface area contributed by atoms with E-state index in [0.717, 1.165) is 0 Å². The maximum atomic E-state index is 12.3. The Morgan fingerprint density at radius 2 is 1.69 bits per heavy atom. The maximum Gasteiger partial charge on any atom is 0.277 e. The summed E-state index contributed by atoms with van der Waals surface area (Å²) >= 11 is 10.3. The van der Waals surface area contributed by atoms with Gasteiger partial charge in [0.2, 0.25) is 0 Å². The van der Waals surface area contributed by atoms with Crippen LogP contribution in [0.1, 0.15) is 22.6 Å². The molecule has 2 N–H and O–H groups in total. The smallest absolute Gasteiger partial charge is 0.277 e. The van der Waals surface area contributed by atoms with E-state index < -0.39 is 5.91 Å². The lowest BCUT2D eigenvalue weighted by Gasteiger charge is -2.14. The van der Waals surface area contributed by atoms with Crippen molar-refractivity contribution in [3.63, 3.8) is 0 Å². The highest BCUT2D eigenvalue weighted by molar-refractivity contribution is 8.19. The SMILES string of the molecule is CCOc1cc(/C=N\NC(=O)COc2ccc(C3SCCS3)cc2)cc(Cl)c1OCC(=O)Nc1ccccc1. The van der Waals surface area contributed by atoms with Crippen molar-refractivity contribution in [1.82, 2.24) is 5.43 Å². The van der Waals surface area contributed by atoms with Crippen molar-refractivity contribution in [2.24, 2.45) is 5.10 Å². The number of anilines is 1. The lowest BCUT2D eigenvalue weighted by atomic mass is 10.2. The van der Waals surface area contributed by atoms with E-state index in [4.69, 9.17) is 25.8 Å². The molecule has 1 aliphatic heterocycles. The molecule has 39 heavy (non-hydrogen) atoms. The number of halogens is 1. The van der Waals surface area contributed by atoms with E-state index in [9.17, 15) is 9.59 Å². The van der Waals surface area contributed by atoms with E-state index in [1.54, 1.807) is 24.3 Å². The van der Waals surface area contributed by atoms with Crippen LogP contribution in [0.15, 0.2) is 71.8 Å². The number of rotatable bonds is 12. The molecule has 11 heteroatoms. The first-order valence-corrected chi connectivity index (χ1v) is 14.7. The molecule has 1 heterocycles. The summed E-state index contributed by atoms with van der Waals surface area (Å²) in [7, 11) is 0. The van der Waals surface area contributed by atoms with Crippen LogP contribution in [-0.2, 0) is 9.59 Å². The summed E-state index contributed by atoms with van der Waals surface area (Å²) in [6.45, 7) is 1.75. The van der Waals surface area contributed by atoms with Crippen LogP contribution in [0.3, 0.4) is 0 Å². The van der Waals surface area contributed by atoms with E-state index in [0.29, 0.717) is 33.9 Å². The van der Waals surface area contributed by atoms with E-state index in [2.05, 4.69) is 15.8 Å². The predicted octanol–water partition coefficient (Wildman–Crippen LogP) is 5.76. The predicted molar refractivity (Wildman–Crippen MR) is 159 cm³/mol. The fourth-order valence-corrected chi connectivity index (χ4v) is 6.69. The summed E-state index contributed by atoms with van der Waals surface area (Å²) in [6, 6.07) is 20.1. The minimum atomic E-state index is -0.405. The van der Waals surface area contributed by atoms with Gasteiger partial charge in [0, 0.05) is 17.2 Å². The first kappa shape index (κ1) is 28.7. The lowest BCUT2D eigenvalue weighted by molar-refractivity contribution is -0.123. The zero-order chi connectivity index (χ0) is 27.5. The van der Waals surface area contributed by atoms with E-state index in [1.165, 1.54) is 23.3 Å². The molecule has 0 bridgehead atoms. The second-order valence-electron chi connectivity index (χ2n) is 8.19. The number of hydrogen-bond donors (Lipinski definition) is 2. The summed E-state index contributed by atoms with van der Waals surface area (Å²) in [5.74, 6) is 2.81. The van der Waals surface area contributed by atoms with Crippen molar-refractivity contribution in [2.75, 3.05) is 36.6 Å². The summed E-state index contributed by atoms with van der Waals surface area (Å²) in [5.41, 5.74) is 4.92. The minimum Gasteiger partial charge on any atom is -0.490 e. The third kappa shape index (κ3) is 8.84. The zero-order valence-corrected chi connectivity index (χ0v) is 23.6. The second-order valence-corrected chi connectivity index (χ2v) is 11.3. The lowest BCUT2D eigenvalue weighted by Crippen LogP contribution is -2.24. The topological polar surface area (TPSA) is 98.2 Å². The molecule has 4 rings (SSSR count). The average Bonchev–Trinajstić information content (AvgIpc) is 3.48. The largest absolute Gasteiger partial charge is 0.490 e. The van der Waals surface area contributed by atoms with Crippen molar-refractivity contribution in [3.8, 4) is 17.2 Å². The number of carbonyl (C=O) groups excluding carboxylic acids is 2. The van der Waals surface area contributed by atoms with E-state index in [1.807, 2.05) is 72.9 Å². The van der Waals surface area contributed by atoms with E-state index >= 15 is 0 Å². The minimum absolute atomic E-state index is 0.174. The van der Waals surface area contributed by atoms with Crippen LogP contribution in [0.5, 0.6) is 17.2 Å². The molecule has 3 aromatic rings. The summed E-state index contributed by atoms with van der Waals surface area (Å²) in [6.07, 6.45) is 1.43. The van der Waals surface area contributed by atoms with Gasteiger partial charge in [-0.2, -0.15) is 5.10 Å². The van der Waals surface area contributed by atoms with Crippen molar-refractivity contribution < 1.29 is 23.8 Å². The Hall–Kier alpha value is -3.34. The van der Waals surface area contributed by atoms with Crippen LogP contribution in [0.4, 0.5) is 5.69 Å². The van der Waals surface area contributed by atoms with Gasteiger partial charge in [-0.1, -0.05) is 41.9 Å². The molecule has 0 aromatic heterocycles. The maximum absolute atomic E-state index is 12.3. The first-order valence-electron chi connectivity index (χ1n) is 12.2. The van der Waals surface area contributed by atoms with Gasteiger partial charge in [0.15, 0.2) is 24.7 Å². The number of para-hydroxylation sites is 1. The average molecular weight is 586 g/mol. The molecule has 0 radical (unpaired) electrons. The van der Waals surface area contributed by atoms with Crippen LogP contribution < -0.4 is 25.0 Å². The Morgan fingerprint density at radius 3 is 2.41 bits per heavy atom. The Labute approximate surface area is 240 Å². The van der Waals surface area contributed by atoms with Gasteiger partial charge in [-0.05, 0) is 54.4 Å². The molecule has 0 unspecified atom stereocenters. The molecule has 1 aliphatic rings. The third-order valence-corrected chi connectivity index (χ3v) is 8.67. The molecule has 0 saturated carbocycles. The van der Waals surface area contributed by atoms with Crippen molar-refractivity contribution in [2.45, 2.75) is 11.5 Å². The summed E-state index contributed by atoms with van der Waals surface area (Å²) < 4.78 is 17.3. The Kier molecular flexibility index (Phi) is 10.8. The van der Waals surface area contributed by atoms with Crippen molar-refractivity contribution in [1.29, 1.82) is 0 Å². The number of nitrogens with one attached hydrogen (secondary N) is 2. The highest BCUT2D eigenvalue weighted by atomic mass is 35.5. The molecular formula is C28H28ClN3O5S2. The van der Waals surface area contributed by atoms with E-state index in [-0.39, 0.29) is 29.9 Å². The van der Waals surface area contributed by atoms with Gasteiger partial charge in [-0.3, -0.25) is 9.59 Å². The van der Waals surface area contributed by atoms with Gasteiger partial charge >= 0.3 is 0 Å². The Bertz CT molecular complexity index is 1290. The van der Waals surface area contributed by atoms with Crippen LogP contribution in [0, 0.1) is 0 Å². The molecule has 0 aliphatic carbocycles. The Morgan fingerprint density at radius 1 is 0.974 bits per heavy atom. The van der Waals surface area contributed by atoms with Crippen LogP contribution in [0.2, 0.25) is 5.02 Å². The molecule has 1 fully saturated rings. The molecule has 0 spiro atoms. The molecule has 204 valence electrons. The van der Waals surface area contributed by atoms with Gasteiger partial charge in [0.1, 0.15) is 5.75 Å². The summed E-state index contributed by atoms with van der Waals surface area (Å²) in [5, 5.41) is 6.97. The van der Waals surface area contributed by atoms with Crippen LogP contribution in [0.25, 0.3) is 0 Å². The normalized spacial score (nSPS) is 13.3. The Balaban J connectivity index is 1.28. The van der Waals surface area contributed by atoms with Crippen molar-refractivity contribution >= 4 is 58.8 Å². The third-order valence-electron chi connectivity index (χ3n) is 5.28. The zero-order valence-electron chi connectivity index (χ0n) is 21.2. The number of hydrogen-bond acceptors (Lipinski definition) is 8. The number of hydrazone groups is 1. The fraction of sp³-hybridized carbons (Fsp3) is 0.250. The molecule has 0 atom stereocenters. The number of thioether (sulfide) groups is 2. The van der Waals surface area contributed by atoms with Gasteiger partial charge in [0.25, 0.3) is 11.8 Å². The highest BCUT2D eigenvalue weighted by Gasteiger charge is 2.18. The standard InChI is InChI=1S/C28H28ClN3O5S2/c1-2-35-24-15-19(14-23(29)27(24)37-17-25(33)31-21-6-4-3-5-7-21)16-30-32-26(34)18-36-22-10-8-20(9-11-22)28-38-12-13-39-28/h3-11,14-16,28H,2,12-13,17-18H2,1H3,(H,31,33)(H,32,34)/b30-16-. The molecular weight excluding hydrogens is 558 g/mol. The fourth-order valence-electron chi connectivity index (χ4n) is 3.55. The number of carbonyl (C=O) groups is 2. The number of nitrogens with zero attached hydrogens (tertiary/aromatic N) is 1. The van der Waals surface area contributed by atoms with Gasteiger partial charge in [0.05, 0.1) is 22.4 Å². The van der Waals surface area contributed by atoms with Gasteiger partial charge < -0.3 is 19.5 Å². The number of ether oxygens (including phenoxy) is 3. The molecule has 3 aromatic carbocycles. The molecule has 1 saturated heterocycles. The van der Waals surface area contributed by atoms with Gasteiger partial charge in [-0.25, -0.2) is 5.43 Å².